The van der Waals surface area contributed by atoms with Crippen LogP contribution in [-0.2, 0) is 19.6 Å². The third-order valence-electron chi connectivity index (χ3n) is 4.78. The molecule has 2 aliphatic rings. The van der Waals surface area contributed by atoms with Crippen molar-refractivity contribution in [2.75, 3.05) is 52.6 Å². The van der Waals surface area contributed by atoms with Crippen LogP contribution in [0.25, 0.3) is 0 Å². The van der Waals surface area contributed by atoms with E-state index in [1.54, 1.807) is 6.92 Å². The highest BCUT2D eigenvalue weighted by Gasteiger charge is 2.34. The highest BCUT2D eigenvalue weighted by Crippen LogP contribution is 2.26. The Labute approximate surface area is 157 Å². The molecule has 3 rings (SSSR count). The lowest BCUT2D eigenvalue weighted by Gasteiger charge is -2.27. The Morgan fingerprint density at radius 1 is 1.22 bits per heavy atom. The summed E-state index contributed by atoms with van der Waals surface area (Å²) in [6, 6.07) is 3.85. The molecule has 0 N–H and O–H groups in total. The molecule has 1 aromatic rings. The maximum Gasteiger partial charge on any atom is 0.273 e. The van der Waals surface area contributed by atoms with E-state index in [2.05, 4.69) is 0 Å². The molecule has 2 heterocycles. The molecule has 0 bridgehead atoms. The van der Waals surface area contributed by atoms with Crippen LogP contribution in [0, 0.1) is 17.0 Å². The van der Waals surface area contributed by atoms with Crippen LogP contribution in [0.4, 0.5) is 5.69 Å². The predicted octanol–water partition coefficient (Wildman–Crippen LogP) is 0.0258. The van der Waals surface area contributed by atoms with Crippen molar-refractivity contribution in [3.05, 3.63) is 33.9 Å². The second-order valence-corrected chi connectivity index (χ2v) is 8.51. The average Bonchev–Trinajstić information content (AvgIpc) is 3.13. The fraction of sp³-hybridized carbons (Fsp3) is 0.562. The van der Waals surface area contributed by atoms with Gasteiger partial charge in [0.25, 0.3) is 5.69 Å². The fourth-order valence-electron chi connectivity index (χ4n) is 3.11. The van der Waals surface area contributed by atoms with Gasteiger partial charge in [0, 0.05) is 37.8 Å². The van der Waals surface area contributed by atoms with Gasteiger partial charge in [0.15, 0.2) is 0 Å². The first-order valence-electron chi connectivity index (χ1n) is 8.62. The molecule has 148 valence electrons. The monoisotopic (exact) mass is 398 g/mol. The molecule has 0 saturated carbocycles. The highest BCUT2D eigenvalue weighted by atomic mass is 32.2. The maximum atomic E-state index is 12.8. The molecule has 2 aliphatic heterocycles. The molecular formula is C16H22N4O6S. The van der Waals surface area contributed by atoms with E-state index >= 15 is 0 Å². The van der Waals surface area contributed by atoms with Crippen molar-refractivity contribution in [3.63, 3.8) is 0 Å². The number of ether oxygens (including phenoxy) is 1. The maximum absolute atomic E-state index is 12.8. The summed E-state index contributed by atoms with van der Waals surface area (Å²) in [5.41, 5.74) is 0.151. The second kappa shape index (κ2) is 7.89. The standard InChI is InChI=1S/C16H22N4O6S/c1-13-2-3-14(10-15(13)20(22)23)27(24,25)19-5-4-18(12-19)16(21)11-17-6-8-26-9-7-17/h2-3,10H,4-9,11-12H2,1H3. The number of benzene rings is 1. The number of sulfonamides is 1. The van der Waals surface area contributed by atoms with Gasteiger partial charge in [-0.15, -0.1) is 0 Å². The Balaban J connectivity index is 1.69. The Morgan fingerprint density at radius 3 is 2.59 bits per heavy atom. The van der Waals surface area contributed by atoms with Crippen molar-refractivity contribution in [3.8, 4) is 0 Å². The zero-order chi connectivity index (χ0) is 19.6. The third-order valence-corrected chi connectivity index (χ3v) is 6.61. The first-order valence-corrected chi connectivity index (χ1v) is 10.1. The Hall–Kier alpha value is -2.08. The molecule has 0 unspecified atom stereocenters. The van der Waals surface area contributed by atoms with Crippen LogP contribution in [0.5, 0.6) is 0 Å². The third kappa shape index (κ3) is 4.26. The number of nitro benzene ring substituents is 1. The van der Waals surface area contributed by atoms with E-state index in [-0.39, 0.29) is 36.2 Å². The number of amides is 1. The summed E-state index contributed by atoms with van der Waals surface area (Å²) in [6.07, 6.45) is 0. The fourth-order valence-corrected chi connectivity index (χ4v) is 4.52. The summed E-state index contributed by atoms with van der Waals surface area (Å²) in [4.78, 5) is 26.3. The van der Waals surface area contributed by atoms with Crippen molar-refractivity contribution in [1.82, 2.24) is 14.1 Å². The minimum Gasteiger partial charge on any atom is -0.379 e. The van der Waals surface area contributed by atoms with Crippen molar-refractivity contribution in [2.24, 2.45) is 0 Å². The van der Waals surface area contributed by atoms with Crippen molar-refractivity contribution in [1.29, 1.82) is 0 Å². The quantitative estimate of drug-likeness (QED) is 0.508. The Morgan fingerprint density at radius 2 is 1.93 bits per heavy atom. The molecule has 1 amide bonds. The summed E-state index contributed by atoms with van der Waals surface area (Å²) < 4.78 is 32.1. The first-order chi connectivity index (χ1) is 12.8. The Kier molecular flexibility index (Phi) is 5.75. The molecule has 1 aromatic carbocycles. The zero-order valence-electron chi connectivity index (χ0n) is 15.0. The van der Waals surface area contributed by atoms with E-state index in [1.807, 2.05) is 4.90 Å². The first kappa shape index (κ1) is 19.7. The van der Waals surface area contributed by atoms with Gasteiger partial charge in [0.1, 0.15) is 0 Å². The van der Waals surface area contributed by atoms with E-state index in [1.165, 1.54) is 21.3 Å². The summed E-state index contributed by atoms with van der Waals surface area (Å²) in [7, 11) is -3.91. The van der Waals surface area contributed by atoms with Crippen LogP contribution < -0.4 is 0 Å². The molecule has 2 saturated heterocycles. The number of nitro groups is 1. The number of carbonyl (C=O) groups is 1. The van der Waals surface area contributed by atoms with Gasteiger partial charge in [-0.05, 0) is 13.0 Å². The van der Waals surface area contributed by atoms with Gasteiger partial charge >= 0.3 is 0 Å². The van der Waals surface area contributed by atoms with E-state index in [0.29, 0.717) is 38.4 Å². The molecule has 0 radical (unpaired) electrons. The molecule has 27 heavy (non-hydrogen) atoms. The van der Waals surface area contributed by atoms with Crippen LogP contribution in [0.3, 0.4) is 0 Å². The predicted molar refractivity (Wildman–Crippen MR) is 95.6 cm³/mol. The number of aryl methyl sites for hydroxylation is 1. The lowest BCUT2D eigenvalue weighted by atomic mass is 10.2. The largest absolute Gasteiger partial charge is 0.379 e. The van der Waals surface area contributed by atoms with Gasteiger partial charge in [0.2, 0.25) is 15.9 Å². The van der Waals surface area contributed by atoms with Gasteiger partial charge in [-0.2, -0.15) is 4.31 Å². The lowest BCUT2D eigenvalue weighted by Crippen LogP contribution is -2.44. The topological polar surface area (TPSA) is 113 Å². The van der Waals surface area contributed by atoms with Gasteiger partial charge in [-0.1, -0.05) is 6.07 Å². The van der Waals surface area contributed by atoms with Crippen LogP contribution in [0.1, 0.15) is 5.56 Å². The van der Waals surface area contributed by atoms with Gasteiger partial charge in [0.05, 0.1) is 36.2 Å². The van der Waals surface area contributed by atoms with Gasteiger partial charge in [-0.25, -0.2) is 8.42 Å². The zero-order valence-corrected chi connectivity index (χ0v) is 15.9. The molecule has 10 nitrogen and oxygen atoms in total. The van der Waals surface area contributed by atoms with Gasteiger partial charge in [-0.3, -0.25) is 19.8 Å². The summed E-state index contributed by atoms with van der Waals surface area (Å²) >= 11 is 0. The number of hydrogen-bond acceptors (Lipinski definition) is 7. The molecule has 0 aliphatic carbocycles. The highest BCUT2D eigenvalue weighted by molar-refractivity contribution is 7.89. The van der Waals surface area contributed by atoms with E-state index in [9.17, 15) is 23.3 Å². The molecule has 11 heteroatoms. The second-order valence-electron chi connectivity index (χ2n) is 6.57. The number of nitrogens with zero attached hydrogens (tertiary/aromatic N) is 4. The SMILES string of the molecule is Cc1ccc(S(=O)(=O)N2CCN(C(=O)CN3CCOCC3)C2)cc1[N+](=O)[O-]. The van der Waals surface area contributed by atoms with Crippen molar-refractivity contribution < 1.29 is 22.9 Å². The minimum absolute atomic E-state index is 0.0484. The number of hydrogen-bond donors (Lipinski definition) is 0. The Bertz CT molecular complexity index is 837. The van der Waals surface area contributed by atoms with Crippen LogP contribution in [0.15, 0.2) is 23.1 Å². The van der Waals surface area contributed by atoms with Gasteiger partial charge < -0.3 is 9.64 Å². The summed E-state index contributed by atoms with van der Waals surface area (Å²) in [5, 5.41) is 11.1. The molecule has 0 spiro atoms. The van der Waals surface area contributed by atoms with Crippen molar-refractivity contribution >= 4 is 21.6 Å². The number of rotatable bonds is 5. The number of carbonyl (C=O) groups excluding carboxylic acids is 1. The summed E-state index contributed by atoms with van der Waals surface area (Å²) in [5.74, 6) is -0.135. The van der Waals surface area contributed by atoms with E-state index in [4.69, 9.17) is 4.74 Å². The van der Waals surface area contributed by atoms with E-state index < -0.39 is 14.9 Å². The molecular weight excluding hydrogens is 376 g/mol. The smallest absolute Gasteiger partial charge is 0.273 e. The van der Waals surface area contributed by atoms with E-state index in [0.717, 1.165) is 6.07 Å². The number of morpholine rings is 1. The van der Waals surface area contributed by atoms with Crippen molar-refractivity contribution in [2.45, 2.75) is 11.8 Å². The lowest BCUT2D eigenvalue weighted by molar-refractivity contribution is -0.385. The normalized spacial score (nSPS) is 19.4. The average molecular weight is 398 g/mol. The minimum atomic E-state index is -3.91. The molecule has 2 fully saturated rings. The summed E-state index contributed by atoms with van der Waals surface area (Å²) in [6.45, 7) is 4.72. The molecule has 0 atom stereocenters. The molecule has 0 aromatic heterocycles. The van der Waals surface area contributed by atoms with Crippen LogP contribution in [0.2, 0.25) is 0 Å². The van der Waals surface area contributed by atoms with Crippen LogP contribution >= 0.6 is 0 Å². The van der Waals surface area contributed by atoms with Crippen LogP contribution in [-0.4, -0.2) is 86.0 Å².